The molecule has 9 nitrogen and oxygen atoms in total. The Morgan fingerprint density at radius 1 is 1.42 bits per heavy atom. The van der Waals surface area contributed by atoms with E-state index in [2.05, 4.69) is 20.8 Å². The van der Waals surface area contributed by atoms with Crippen LogP contribution in [0.4, 0.5) is 10.5 Å². The second-order valence-electron chi connectivity index (χ2n) is 5.84. The molecule has 3 heterocycles. The molecule has 3 N–H and O–H groups in total. The number of hydrogen-bond acceptors (Lipinski definition) is 6. The minimum absolute atomic E-state index is 0.0725. The summed E-state index contributed by atoms with van der Waals surface area (Å²) in [4.78, 5) is 36.6. The molecule has 2 fully saturated rings. The molecule has 10 heteroatoms. The molecule has 2 saturated heterocycles. The fourth-order valence-corrected chi connectivity index (χ4v) is 3.11. The highest BCUT2D eigenvalue weighted by Crippen LogP contribution is 2.25. The third-order valence-corrected chi connectivity index (χ3v) is 4.47. The SMILES string of the molecule is O=C1CC(NC(=O)O[C@@H]2CCN(c3cn[nH]c(=O)c3Cl)C2)CCN1. The molecule has 0 saturated carbocycles. The summed E-state index contributed by atoms with van der Waals surface area (Å²) < 4.78 is 5.40. The first-order valence-electron chi connectivity index (χ1n) is 7.75. The van der Waals surface area contributed by atoms with E-state index in [1.807, 2.05) is 4.90 Å². The first-order valence-corrected chi connectivity index (χ1v) is 8.12. The largest absolute Gasteiger partial charge is 0.444 e. The summed E-state index contributed by atoms with van der Waals surface area (Å²) in [5, 5.41) is 11.5. The van der Waals surface area contributed by atoms with Gasteiger partial charge in [-0.15, -0.1) is 0 Å². The van der Waals surface area contributed by atoms with Crippen molar-refractivity contribution >= 4 is 29.3 Å². The lowest BCUT2D eigenvalue weighted by atomic mass is 10.1. The van der Waals surface area contributed by atoms with Crippen LogP contribution in [0.3, 0.4) is 0 Å². The molecule has 2 aliphatic rings. The average Bonchev–Trinajstić information content (AvgIpc) is 2.98. The van der Waals surface area contributed by atoms with Crippen molar-refractivity contribution < 1.29 is 14.3 Å². The maximum atomic E-state index is 12.0. The summed E-state index contributed by atoms with van der Waals surface area (Å²) in [7, 11) is 0. The van der Waals surface area contributed by atoms with Crippen LogP contribution in [-0.4, -0.2) is 54.0 Å². The lowest BCUT2D eigenvalue weighted by molar-refractivity contribution is -0.122. The molecule has 24 heavy (non-hydrogen) atoms. The zero-order chi connectivity index (χ0) is 17.1. The van der Waals surface area contributed by atoms with E-state index in [9.17, 15) is 14.4 Å². The van der Waals surface area contributed by atoms with Crippen LogP contribution in [0.25, 0.3) is 0 Å². The van der Waals surface area contributed by atoms with Crippen LogP contribution in [0.5, 0.6) is 0 Å². The number of halogens is 1. The lowest BCUT2D eigenvalue weighted by Gasteiger charge is -2.24. The zero-order valence-corrected chi connectivity index (χ0v) is 13.6. The number of aromatic amines is 1. The van der Waals surface area contributed by atoms with Gasteiger partial charge in [0.1, 0.15) is 11.1 Å². The Morgan fingerprint density at radius 2 is 2.25 bits per heavy atom. The Balaban J connectivity index is 1.52. The van der Waals surface area contributed by atoms with Gasteiger partial charge in [0.2, 0.25) is 5.91 Å². The molecule has 2 amide bonds. The number of nitrogens with zero attached hydrogens (tertiary/aromatic N) is 2. The fourth-order valence-electron chi connectivity index (χ4n) is 2.90. The monoisotopic (exact) mass is 355 g/mol. The number of H-pyrrole nitrogens is 1. The van der Waals surface area contributed by atoms with Gasteiger partial charge >= 0.3 is 6.09 Å². The molecule has 1 aromatic rings. The van der Waals surface area contributed by atoms with Crippen molar-refractivity contribution in [2.24, 2.45) is 0 Å². The highest BCUT2D eigenvalue weighted by atomic mass is 35.5. The van der Waals surface area contributed by atoms with Gasteiger partial charge in [0, 0.05) is 32.0 Å². The number of piperidine rings is 1. The second kappa shape index (κ2) is 7.08. The molecule has 0 radical (unpaired) electrons. The van der Waals surface area contributed by atoms with Crippen molar-refractivity contribution in [1.29, 1.82) is 0 Å². The van der Waals surface area contributed by atoms with Crippen molar-refractivity contribution in [2.45, 2.75) is 31.4 Å². The van der Waals surface area contributed by atoms with Gasteiger partial charge in [-0.25, -0.2) is 9.89 Å². The normalized spacial score (nSPS) is 23.7. The Hall–Kier alpha value is -2.29. The third kappa shape index (κ3) is 3.78. The predicted octanol–water partition coefficient (Wildman–Crippen LogP) is 0.00680. The van der Waals surface area contributed by atoms with E-state index in [0.29, 0.717) is 38.2 Å². The van der Waals surface area contributed by atoms with Crippen molar-refractivity contribution in [3.05, 3.63) is 21.6 Å². The zero-order valence-electron chi connectivity index (χ0n) is 12.9. The van der Waals surface area contributed by atoms with Crippen molar-refractivity contribution in [2.75, 3.05) is 24.5 Å². The predicted molar refractivity (Wildman–Crippen MR) is 86.1 cm³/mol. The van der Waals surface area contributed by atoms with Gasteiger partial charge in [-0.1, -0.05) is 11.6 Å². The van der Waals surface area contributed by atoms with Crippen LogP contribution >= 0.6 is 11.6 Å². The van der Waals surface area contributed by atoms with E-state index in [0.717, 1.165) is 0 Å². The Morgan fingerprint density at radius 3 is 3.04 bits per heavy atom. The van der Waals surface area contributed by atoms with Crippen LogP contribution in [0.1, 0.15) is 19.3 Å². The second-order valence-corrected chi connectivity index (χ2v) is 6.22. The van der Waals surface area contributed by atoms with Gasteiger partial charge in [-0.05, 0) is 6.42 Å². The Bertz CT molecular complexity index is 694. The summed E-state index contributed by atoms with van der Waals surface area (Å²) >= 11 is 5.99. The summed E-state index contributed by atoms with van der Waals surface area (Å²) in [6, 6.07) is -0.199. The molecule has 1 unspecified atom stereocenters. The molecule has 2 atom stereocenters. The number of rotatable bonds is 3. The van der Waals surface area contributed by atoms with Gasteiger partial charge in [0.05, 0.1) is 18.4 Å². The van der Waals surface area contributed by atoms with E-state index in [1.165, 1.54) is 6.20 Å². The number of carbonyl (C=O) groups is 2. The van der Waals surface area contributed by atoms with Crippen molar-refractivity contribution in [3.63, 3.8) is 0 Å². The maximum Gasteiger partial charge on any atom is 0.407 e. The van der Waals surface area contributed by atoms with Crippen molar-refractivity contribution in [3.8, 4) is 0 Å². The lowest BCUT2D eigenvalue weighted by Crippen LogP contribution is -2.46. The smallest absolute Gasteiger partial charge is 0.407 e. The number of anilines is 1. The molecule has 0 spiro atoms. The molecule has 0 aliphatic carbocycles. The van der Waals surface area contributed by atoms with Gasteiger partial charge in [0.25, 0.3) is 5.56 Å². The standard InChI is InChI=1S/C14H18ClN5O4/c15-12-10(6-17-19-13(12)22)20-4-2-9(7-20)24-14(23)18-8-1-3-16-11(21)5-8/h6,8-9H,1-5,7H2,(H,16,21)(H,18,23)(H,19,22)/t8?,9-/m1/s1. The molecule has 3 rings (SSSR count). The molecule has 130 valence electrons. The van der Waals surface area contributed by atoms with Crippen molar-refractivity contribution in [1.82, 2.24) is 20.8 Å². The van der Waals surface area contributed by atoms with Crippen LogP contribution < -0.4 is 21.1 Å². The van der Waals surface area contributed by atoms with E-state index in [1.54, 1.807) is 0 Å². The van der Waals surface area contributed by atoms with Gasteiger partial charge in [-0.2, -0.15) is 5.10 Å². The van der Waals surface area contributed by atoms with Gasteiger partial charge in [-0.3, -0.25) is 9.59 Å². The van der Waals surface area contributed by atoms with Gasteiger partial charge < -0.3 is 20.3 Å². The molecule has 1 aromatic heterocycles. The van der Waals surface area contributed by atoms with E-state index >= 15 is 0 Å². The summed E-state index contributed by atoms with van der Waals surface area (Å²) in [6.07, 6.45) is 2.22. The number of amides is 2. The number of aromatic nitrogens is 2. The highest BCUT2D eigenvalue weighted by molar-refractivity contribution is 6.33. The number of ether oxygens (including phenoxy) is 1. The van der Waals surface area contributed by atoms with E-state index in [-0.39, 0.29) is 29.5 Å². The van der Waals surface area contributed by atoms with Crippen LogP contribution in [-0.2, 0) is 9.53 Å². The topological polar surface area (TPSA) is 116 Å². The van der Waals surface area contributed by atoms with Crippen LogP contribution in [0.15, 0.2) is 11.0 Å². The van der Waals surface area contributed by atoms with Crippen LogP contribution in [0.2, 0.25) is 5.02 Å². The molecule has 0 aromatic carbocycles. The van der Waals surface area contributed by atoms with E-state index < -0.39 is 11.7 Å². The van der Waals surface area contributed by atoms with Crippen LogP contribution in [0, 0.1) is 0 Å². The molecule has 0 bridgehead atoms. The molecular formula is C14H18ClN5O4. The van der Waals surface area contributed by atoms with E-state index in [4.69, 9.17) is 16.3 Å². The first-order chi connectivity index (χ1) is 11.5. The first kappa shape index (κ1) is 16.6. The fraction of sp³-hybridized carbons (Fsp3) is 0.571. The Kier molecular flexibility index (Phi) is 4.89. The minimum atomic E-state index is -0.531. The third-order valence-electron chi connectivity index (χ3n) is 4.11. The minimum Gasteiger partial charge on any atom is -0.444 e. The molecule has 2 aliphatic heterocycles. The summed E-state index contributed by atoms with van der Waals surface area (Å²) in [5.41, 5.74) is 0.0720. The number of carbonyl (C=O) groups excluding carboxylic acids is 2. The number of nitrogens with one attached hydrogen (secondary N) is 3. The summed E-state index contributed by atoms with van der Waals surface area (Å²) in [5.74, 6) is -0.0740. The molecular weight excluding hydrogens is 338 g/mol. The average molecular weight is 356 g/mol. The number of hydrogen-bond donors (Lipinski definition) is 3. The van der Waals surface area contributed by atoms with Gasteiger partial charge in [0.15, 0.2) is 0 Å². The summed E-state index contributed by atoms with van der Waals surface area (Å²) in [6.45, 7) is 1.59. The maximum absolute atomic E-state index is 12.0. The highest BCUT2D eigenvalue weighted by Gasteiger charge is 2.29. The Labute approximate surface area is 142 Å². The number of alkyl carbamates (subject to hydrolysis) is 1. The quantitative estimate of drug-likeness (QED) is 0.703.